The molecule has 0 spiro atoms. The molecule has 0 bridgehead atoms. The Bertz CT molecular complexity index is 523. The van der Waals surface area contributed by atoms with E-state index in [-0.39, 0.29) is 17.9 Å². The molecule has 106 valence electrons. The average molecular weight is 285 g/mol. The number of sulfonamides is 1. The van der Waals surface area contributed by atoms with Gasteiger partial charge >= 0.3 is 5.97 Å². The third-order valence-corrected chi connectivity index (χ3v) is 4.25. The van der Waals surface area contributed by atoms with Gasteiger partial charge in [-0.1, -0.05) is 32.0 Å². The maximum Gasteiger partial charge on any atom is 0.303 e. The molecule has 1 aromatic carbocycles. The zero-order valence-electron chi connectivity index (χ0n) is 11.1. The van der Waals surface area contributed by atoms with Crippen LogP contribution in [0.3, 0.4) is 0 Å². The van der Waals surface area contributed by atoms with Gasteiger partial charge in [-0.2, -0.15) is 0 Å². The molecule has 0 amide bonds. The Kier molecular flexibility index (Phi) is 5.08. The van der Waals surface area contributed by atoms with Crippen molar-refractivity contribution in [3.63, 3.8) is 0 Å². The van der Waals surface area contributed by atoms with E-state index < -0.39 is 21.4 Å². The van der Waals surface area contributed by atoms with Gasteiger partial charge in [0.25, 0.3) is 0 Å². The number of carbonyl (C=O) groups is 1. The minimum atomic E-state index is -3.51. The van der Waals surface area contributed by atoms with Gasteiger partial charge in [0.05, 0.1) is 11.3 Å². The highest BCUT2D eigenvalue weighted by Gasteiger charge is 2.22. The monoisotopic (exact) mass is 285 g/mol. The van der Waals surface area contributed by atoms with Crippen LogP contribution in [0.25, 0.3) is 0 Å². The molecule has 0 saturated heterocycles. The minimum Gasteiger partial charge on any atom is -0.481 e. The van der Waals surface area contributed by atoms with E-state index in [1.807, 2.05) is 0 Å². The van der Waals surface area contributed by atoms with Crippen LogP contribution >= 0.6 is 0 Å². The van der Waals surface area contributed by atoms with Crippen LogP contribution in [0.2, 0.25) is 0 Å². The number of carboxylic acid groups (broad SMARTS) is 1. The molecule has 0 radical (unpaired) electrons. The first-order chi connectivity index (χ1) is 8.73. The van der Waals surface area contributed by atoms with E-state index in [1.165, 1.54) is 12.1 Å². The van der Waals surface area contributed by atoms with Crippen LogP contribution in [0.15, 0.2) is 35.2 Å². The molecule has 0 saturated carbocycles. The molecular formula is C13H19NO4S. The van der Waals surface area contributed by atoms with Gasteiger partial charge in [-0.15, -0.1) is 0 Å². The second-order valence-corrected chi connectivity index (χ2v) is 6.96. The zero-order valence-corrected chi connectivity index (χ0v) is 11.9. The number of rotatable bonds is 7. The lowest BCUT2D eigenvalue weighted by Gasteiger charge is -2.22. The van der Waals surface area contributed by atoms with Crippen molar-refractivity contribution in [1.82, 2.24) is 4.72 Å². The van der Waals surface area contributed by atoms with Crippen LogP contribution in [0, 0.1) is 5.41 Å². The lowest BCUT2D eigenvalue weighted by Crippen LogP contribution is -2.29. The van der Waals surface area contributed by atoms with Crippen LogP contribution in [-0.2, 0) is 14.8 Å². The first-order valence-electron chi connectivity index (χ1n) is 5.99. The minimum absolute atomic E-state index is 0.0140. The van der Waals surface area contributed by atoms with E-state index in [9.17, 15) is 13.2 Å². The maximum atomic E-state index is 11.9. The van der Waals surface area contributed by atoms with Crippen LogP contribution in [0.1, 0.15) is 26.7 Å². The van der Waals surface area contributed by atoms with Gasteiger partial charge in [-0.3, -0.25) is 4.79 Å². The van der Waals surface area contributed by atoms with Crippen LogP contribution in [0.5, 0.6) is 0 Å². The third kappa shape index (κ3) is 5.40. The smallest absolute Gasteiger partial charge is 0.303 e. The Hall–Kier alpha value is -1.40. The Balaban J connectivity index is 2.56. The van der Waals surface area contributed by atoms with Crippen molar-refractivity contribution in [1.29, 1.82) is 0 Å². The van der Waals surface area contributed by atoms with Crippen molar-refractivity contribution in [3.05, 3.63) is 30.3 Å². The summed E-state index contributed by atoms with van der Waals surface area (Å²) in [6.07, 6.45) is 0.478. The molecule has 2 N–H and O–H groups in total. The summed E-state index contributed by atoms with van der Waals surface area (Å²) < 4.78 is 26.3. The molecule has 0 atom stereocenters. The van der Waals surface area contributed by atoms with Gasteiger partial charge in [0, 0.05) is 6.54 Å². The van der Waals surface area contributed by atoms with Gasteiger partial charge in [-0.05, 0) is 24.0 Å². The van der Waals surface area contributed by atoms with Gasteiger partial charge in [0.1, 0.15) is 0 Å². The molecule has 0 aliphatic heterocycles. The van der Waals surface area contributed by atoms with E-state index in [4.69, 9.17) is 5.11 Å². The lowest BCUT2D eigenvalue weighted by molar-refractivity contribution is -0.139. The van der Waals surface area contributed by atoms with E-state index in [2.05, 4.69) is 4.72 Å². The van der Waals surface area contributed by atoms with Crippen molar-refractivity contribution < 1.29 is 18.3 Å². The molecule has 0 aromatic heterocycles. The normalized spacial score (nSPS) is 12.3. The Labute approximate surface area is 113 Å². The van der Waals surface area contributed by atoms with E-state index in [0.717, 1.165) is 0 Å². The fourth-order valence-corrected chi connectivity index (χ4v) is 2.76. The van der Waals surface area contributed by atoms with Crippen LogP contribution in [-0.4, -0.2) is 26.0 Å². The summed E-state index contributed by atoms with van der Waals surface area (Å²) in [5.41, 5.74) is -0.439. The van der Waals surface area contributed by atoms with Crippen LogP contribution in [0.4, 0.5) is 0 Å². The van der Waals surface area contributed by atoms with E-state index in [0.29, 0.717) is 6.42 Å². The predicted octanol–water partition coefficient (Wildman–Crippen LogP) is 1.86. The topological polar surface area (TPSA) is 83.5 Å². The molecular weight excluding hydrogens is 266 g/mol. The van der Waals surface area contributed by atoms with Crippen molar-refractivity contribution in [3.8, 4) is 0 Å². The largest absolute Gasteiger partial charge is 0.481 e. The van der Waals surface area contributed by atoms with Crippen molar-refractivity contribution in [2.45, 2.75) is 31.6 Å². The highest BCUT2D eigenvalue weighted by Crippen LogP contribution is 2.24. The lowest BCUT2D eigenvalue weighted by atomic mass is 9.86. The molecule has 0 heterocycles. The van der Waals surface area contributed by atoms with Gasteiger partial charge in [-0.25, -0.2) is 13.1 Å². The van der Waals surface area contributed by atoms with Gasteiger partial charge in [0.15, 0.2) is 0 Å². The number of hydrogen-bond donors (Lipinski definition) is 2. The summed E-state index contributed by atoms with van der Waals surface area (Å²) in [6.45, 7) is 3.83. The maximum absolute atomic E-state index is 11.9. The molecule has 0 fully saturated rings. The quantitative estimate of drug-likeness (QED) is 0.801. The molecule has 0 unspecified atom stereocenters. The number of aliphatic carboxylic acids is 1. The fraction of sp³-hybridized carbons (Fsp3) is 0.462. The second kappa shape index (κ2) is 6.16. The third-order valence-electron chi connectivity index (χ3n) is 2.78. The van der Waals surface area contributed by atoms with Gasteiger partial charge < -0.3 is 5.11 Å². The fourth-order valence-electron chi connectivity index (χ4n) is 1.70. The molecule has 5 nitrogen and oxygen atoms in total. The Morgan fingerprint density at radius 3 is 2.37 bits per heavy atom. The first-order valence-corrected chi connectivity index (χ1v) is 7.48. The van der Waals surface area contributed by atoms with Crippen molar-refractivity contribution in [2.75, 3.05) is 6.54 Å². The molecule has 1 aromatic rings. The SMILES string of the molecule is CC(C)(CCNS(=O)(=O)c1ccccc1)CC(=O)O. The summed E-state index contributed by atoms with van der Waals surface area (Å²) in [7, 11) is -3.51. The van der Waals surface area contributed by atoms with Gasteiger partial charge in [0.2, 0.25) is 10.0 Å². The van der Waals surface area contributed by atoms with E-state index >= 15 is 0 Å². The highest BCUT2D eigenvalue weighted by atomic mass is 32.2. The summed E-state index contributed by atoms with van der Waals surface area (Å²) in [5.74, 6) is -0.879. The van der Waals surface area contributed by atoms with Crippen molar-refractivity contribution >= 4 is 16.0 Å². The Morgan fingerprint density at radius 2 is 1.84 bits per heavy atom. The van der Waals surface area contributed by atoms with Crippen LogP contribution < -0.4 is 4.72 Å². The molecule has 0 aliphatic carbocycles. The molecule has 1 rings (SSSR count). The predicted molar refractivity (Wildman–Crippen MR) is 72.3 cm³/mol. The standard InChI is InChI=1S/C13H19NO4S/c1-13(2,10-12(15)16)8-9-14-19(17,18)11-6-4-3-5-7-11/h3-7,14H,8-10H2,1-2H3,(H,15,16). The summed E-state index contributed by atoms with van der Waals surface area (Å²) >= 11 is 0. The van der Waals surface area contributed by atoms with E-state index in [1.54, 1.807) is 32.0 Å². The molecule has 0 aliphatic rings. The average Bonchev–Trinajstić information content (AvgIpc) is 2.27. The van der Waals surface area contributed by atoms with Crippen molar-refractivity contribution in [2.24, 2.45) is 5.41 Å². The molecule has 19 heavy (non-hydrogen) atoms. The summed E-state index contributed by atoms with van der Waals surface area (Å²) in [5, 5.41) is 8.75. The number of carboxylic acids is 1. The highest BCUT2D eigenvalue weighted by molar-refractivity contribution is 7.89. The zero-order chi connectivity index (χ0) is 14.5. The number of benzene rings is 1. The Morgan fingerprint density at radius 1 is 1.26 bits per heavy atom. The number of hydrogen-bond acceptors (Lipinski definition) is 3. The molecule has 6 heteroatoms. The second-order valence-electron chi connectivity index (χ2n) is 5.20. The first kappa shape index (κ1) is 15.7. The summed E-state index contributed by atoms with van der Waals surface area (Å²) in [6, 6.07) is 8.09. The summed E-state index contributed by atoms with van der Waals surface area (Å²) in [4.78, 5) is 10.9. The number of nitrogens with one attached hydrogen (secondary N) is 1.